The molecule has 2 aromatic heterocycles. The van der Waals surface area contributed by atoms with E-state index >= 15 is 0 Å². The number of hydrogen-bond donors (Lipinski definition) is 0. The Labute approximate surface area is 131 Å². The van der Waals surface area contributed by atoms with Crippen molar-refractivity contribution < 1.29 is 14.0 Å². The third-order valence-electron chi connectivity index (χ3n) is 4.00. The molecule has 0 fully saturated rings. The van der Waals surface area contributed by atoms with Gasteiger partial charge in [0.05, 0.1) is 16.9 Å². The van der Waals surface area contributed by atoms with Crippen LogP contribution >= 0.6 is 0 Å². The van der Waals surface area contributed by atoms with Crippen LogP contribution in [0.4, 0.5) is 11.4 Å². The van der Waals surface area contributed by atoms with Crippen LogP contribution in [-0.4, -0.2) is 28.3 Å². The normalized spacial score (nSPS) is 12.4. The Morgan fingerprint density at radius 1 is 1.30 bits per heavy atom. The van der Waals surface area contributed by atoms with Gasteiger partial charge < -0.3 is 9.32 Å². The van der Waals surface area contributed by atoms with E-state index in [0.717, 1.165) is 24.3 Å². The van der Waals surface area contributed by atoms with Gasteiger partial charge in [-0.05, 0) is 41.9 Å². The number of fused-ring (bicyclic) bond motifs is 1. The molecule has 0 amide bonds. The molecular weight excluding hydrogens is 300 g/mol. The summed E-state index contributed by atoms with van der Waals surface area (Å²) in [7, 11) is 1.92. The molecular formula is C15H16N4O4. The fourth-order valence-electron chi connectivity index (χ4n) is 2.51. The van der Waals surface area contributed by atoms with Gasteiger partial charge in [0.2, 0.25) is 5.52 Å². The standard InChI is InChI=1S/C15H16N4O4/c1-10(5-6-11-4-3-9-22-11)18(2)12-7-8-13(19(20)21)15-14(12)16-23-17-15/h3-4,7-10H,5-6H2,1-2H3. The summed E-state index contributed by atoms with van der Waals surface area (Å²) in [5.41, 5.74) is 1.20. The molecule has 120 valence electrons. The summed E-state index contributed by atoms with van der Waals surface area (Å²) in [4.78, 5) is 12.6. The van der Waals surface area contributed by atoms with Crippen molar-refractivity contribution in [1.82, 2.24) is 10.3 Å². The van der Waals surface area contributed by atoms with Gasteiger partial charge in [0.1, 0.15) is 5.76 Å². The number of non-ortho nitro benzene ring substituents is 1. The van der Waals surface area contributed by atoms with Crippen LogP contribution in [0.2, 0.25) is 0 Å². The summed E-state index contributed by atoms with van der Waals surface area (Å²) >= 11 is 0. The minimum Gasteiger partial charge on any atom is -0.469 e. The third kappa shape index (κ3) is 2.87. The zero-order valence-electron chi connectivity index (χ0n) is 12.8. The second-order valence-corrected chi connectivity index (χ2v) is 5.40. The number of hydrogen-bond acceptors (Lipinski definition) is 7. The van der Waals surface area contributed by atoms with Gasteiger partial charge in [-0.3, -0.25) is 10.1 Å². The highest BCUT2D eigenvalue weighted by atomic mass is 16.6. The lowest BCUT2D eigenvalue weighted by atomic mass is 10.1. The highest BCUT2D eigenvalue weighted by Crippen LogP contribution is 2.31. The lowest BCUT2D eigenvalue weighted by Gasteiger charge is -2.26. The summed E-state index contributed by atoms with van der Waals surface area (Å²) in [5, 5.41) is 18.5. The average Bonchev–Trinajstić information content (AvgIpc) is 3.21. The first kappa shape index (κ1) is 15.0. The number of rotatable bonds is 6. The zero-order chi connectivity index (χ0) is 16.4. The van der Waals surface area contributed by atoms with E-state index in [1.807, 2.05) is 24.1 Å². The smallest absolute Gasteiger partial charge is 0.300 e. The Kier molecular flexibility index (Phi) is 3.96. The molecule has 1 unspecified atom stereocenters. The number of nitro groups is 1. The number of aromatic nitrogens is 2. The van der Waals surface area contributed by atoms with Crippen molar-refractivity contribution in [1.29, 1.82) is 0 Å². The molecule has 3 aromatic rings. The number of furan rings is 1. The molecule has 3 rings (SSSR count). The van der Waals surface area contributed by atoms with Crippen LogP contribution in [0.25, 0.3) is 11.0 Å². The number of aryl methyl sites for hydroxylation is 1. The SMILES string of the molecule is CC(CCc1ccco1)N(C)c1ccc([N+](=O)[O-])c2nonc12. The molecule has 0 aliphatic rings. The second kappa shape index (κ2) is 6.07. The maximum absolute atomic E-state index is 11.0. The number of benzene rings is 1. The average molecular weight is 316 g/mol. The zero-order valence-corrected chi connectivity index (χ0v) is 12.8. The van der Waals surface area contributed by atoms with Crippen molar-refractivity contribution in [2.24, 2.45) is 0 Å². The summed E-state index contributed by atoms with van der Waals surface area (Å²) in [6, 6.07) is 7.09. The summed E-state index contributed by atoms with van der Waals surface area (Å²) in [5.74, 6) is 0.933. The molecule has 23 heavy (non-hydrogen) atoms. The maximum Gasteiger partial charge on any atom is 0.300 e. The Hall–Kier alpha value is -2.90. The van der Waals surface area contributed by atoms with E-state index in [-0.39, 0.29) is 17.2 Å². The van der Waals surface area contributed by atoms with Crippen molar-refractivity contribution in [3.63, 3.8) is 0 Å². The van der Waals surface area contributed by atoms with Gasteiger partial charge in [-0.15, -0.1) is 0 Å². The minimum absolute atomic E-state index is 0.110. The Balaban J connectivity index is 1.83. The topological polar surface area (TPSA) is 98.4 Å². The summed E-state index contributed by atoms with van der Waals surface area (Å²) in [6.45, 7) is 2.07. The monoisotopic (exact) mass is 316 g/mol. The van der Waals surface area contributed by atoms with Gasteiger partial charge >= 0.3 is 5.69 Å². The first-order valence-electron chi connectivity index (χ1n) is 7.23. The first-order valence-corrected chi connectivity index (χ1v) is 7.23. The maximum atomic E-state index is 11.0. The van der Waals surface area contributed by atoms with E-state index in [4.69, 9.17) is 9.05 Å². The molecule has 0 aliphatic heterocycles. The van der Waals surface area contributed by atoms with E-state index in [1.165, 1.54) is 6.07 Å². The highest BCUT2D eigenvalue weighted by molar-refractivity contribution is 5.93. The molecule has 0 aliphatic carbocycles. The largest absolute Gasteiger partial charge is 0.469 e. The predicted octanol–water partition coefficient (Wildman–Crippen LogP) is 3.18. The molecule has 1 aromatic carbocycles. The first-order chi connectivity index (χ1) is 11.1. The Morgan fingerprint density at radius 2 is 2.09 bits per heavy atom. The Bertz CT molecular complexity index is 812. The van der Waals surface area contributed by atoms with Crippen LogP contribution in [0, 0.1) is 10.1 Å². The van der Waals surface area contributed by atoms with Gasteiger partial charge in [-0.1, -0.05) is 0 Å². The van der Waals surface area contributed by atoms with Crippen LogP contribution in [0.1, 0.15) is 19.1 Å². The molecule has 2 heterocycles. The fourth-order valence-corrected chi connectivity index (χ4v) is 2.51. The van der Waals surface area contributed by atoms with Gasteiger partial charge in [-0.25, -0.2) is 4.63 Å². The van der Waals surface area contributed by atoms with Gasteiger partial charge in [0.15, 0.2) is 5.52 Å². The van der Waals surface area contributed by atoms with E-state index in [2.05, 4.69) is 17.2 Å². The molecule has 0 saturated heterocycles. The molecule has 0 spiro atoms. The quantitative estimate of drug-likeness (QED) is 0.508. The van der Waals surface area contributed by atoms with Crippen molar-refractivity contribution in [2.45, 2.75) is 25.8 Å². The van der Waals surface area contributed by atoms with Crippen LogP contribution in [-0.2, 0) is 6.42 Å². The van der Waals surface area contributed by atoms with Crippen LogP contribution in [0.3, 0.4) is 0 Å². The molecule has 0 bridgehead atoms. The molecule has 8 nitrogen and oxygen atoms in total. The molecule has 0 radical (unpaired) electrons. The summed E-state index contributed by atoms with van der Waals surface area (Å²) < 4.78 is 10.0. The van der Waals surface area contributed by atoms with Crippen molar-refractivity contribution in [2.75, 3.05) is 11.9 Å². The van der Waals surface area contributed by atoms with Crippen molar-refractivity contribution in [3.8, 4) is 0 Å². The van der Waals surface area contributed by atoms with Crippen LogP contribution in [0.15, 0.2) is 39.6 Å². The number of nitrogens with zero attached hydrogens (tertiary/aromatic N) is 4. The Morgan fingerprint density at radius 3 is 2.78 bits per heavy atom. The van der Waals surface area contributed by atoms with E-state index in [1.54, 1.807) is 12.3 Å². The van der Waals surface area contributed by atoms with Crippen LogP contribution < -0.4 is 4.90 Å². The van der Waals surface area contributed by atoms with Gasteiger partial charge in [-0.2, -0.15) is 0 Å². The van der Waals surface area contributed by atoms with Crippen molar-refractivity contribution >= 4 is 22.4 Å². The lowest BCUT2D eigenvalue weighted by Crippen LogP contribution is -2.29. The minimum atomic E-state index is -0.489. The number of nitro benzene ring substituents is 1. The fraction of sp³-hybridized carbons (Fsp3) is 0.333. The van der Waals surface area contributed by atoms with Crippen LogP contribution in [0.5, 0.6) is 0 Å². The lowest BCUT2D eigenvalue weighted by molar-refractivity contribution is -0.383. The number of anilines is 1. The second-order valence-electron chi connectivity index (χ2n) is 5.40. The van der Waals surface area contributed by atoms with E-state index < -0.39 is 4.92 Å². The highest BCUT2D eigenvalue weighted by Gasteiger charge is 2.23. The molecule has 8 heteroatoms. The molecule has 0 saturated carbocycles. The van der Waals surface area contributed by atoms with E-state index in [9.17, 15) is 10.1 Å². The molecule has 1 atom stereocenters. The predicted molar refractivity (Wildman–Crippen MR) is 83.4 cm³/mol. The molecule has 0 N–H and O–H groups in total. The van der Waals surface area contributed by atoms with Gasteiger partial charge in [0.25, 0.3) is 0 Å². The van der Waals surface area contributed by atoms with E-state index in [0.29, 0.717) is 5.52 Å². The summed E-state index contributed by atoms with van der Waals surface area (Å²) in [6.07, 6.45) is 3.34. The van der Waals surface area contributed by atoms with Gasteiger partial charge in [0, 0.05) is 25.6 Å². The van der Waals surface area contributed by atoms with Crippen molar-refractivity contribution in [3.05, 3.63) is 46.4 Å². The third-order valence-corrected chi connectivity index (χ3v) is 4.00.